The van der Waals surface area contributed by atoms with Crippen molar-refractivity contribution < 1.29 is 14.3 Å². The van der Waals surface area contributed by atoms with Gasteiger partial charge in [0.25, 0.3) is 5.91 Å². The third kappa shape index (κ3) is 6.72. The molecule has 2 amide bonds. The third-order valence-electron chi connectivity index (χ3n) is 3.36. The summed E-state index contributed by atoms with van der Waals surface area (Å²) in [5.41, 5.74) is 1.76. The summed E-state index contributed by atoms with van der Waals surface area (Å²) in [6.45, 7) is 4.38. The molecule has 0 saturated carbocycles. The minimum Gasteiger partial charge on any atom is -0.484 e. The highest BCUT2D eigenvalue weighted by atomic mass is 79.9. The Kier molecular flexibility index (Phi) is 8.00. The van der Waals surface area contributed by atoms with Crippen molar-refractivity contribution >= 4 is 45.2 Å². The number of likely N-dealkylation sites (N-methyl/N-ethyl adjacent to an activating group) is 1. The molecule has 0 saturated heterocycles. The van der Waals surface area contributed by atoms with Crippen molar-refractivity contribution in [3.8, 4) is 5.75 Å². The molecule has 2 aromatic rings. The van der Waals surface area contributed by atoms with E-state index < -0.39 is 0 Å². The minimum absolute atomic E-state index is 0.0517. The van der Waals surface area contributed by atoms with E-state index in [4.69, 9.17) is 4.74 Å². The number of rotatable bonds is 8. The van der Waals surface area contributed by atoms with Crippen LogP contribution in [0.2, 0.25) is 0 Å². The summed E-state index contributed by atoms with van der Waals surface area (Å²) >= 11 is 4.92. The molecule has 0 aliphatic carbocycles. The number of nitrogens with one attached hydrogen (secondary N) is 2. The lowest BCUT2D eigenvalue weighted by Crippen LogP contribution is -2.28. The molecule has 0 aliphatic rings. The number of carbonyl (C=O) groups excluding carboxylic acids is 2. The van der Waals surface area contributed by atoms with E-state index >= 15 is 0 Å². The molecule has 0 aromatic heterocycles. The predicted molar refractivity (Wildman–Crippen MR) is 109 cm³/mol. The van der Waals surface area contributed by atoms with E-state index in [0.29, 0.717) is 23.7 Å². The number of amides is 2. The zero-order valence-corrected chi connectivity index (χ0v) is 17.1. The lowest BCUT2D eigenvalue weighted by atomic mass is 10.2. The van der Waals surface area contributed by atoms with Crippen molar-refractivity contribution in [2.24, 2.45) is 0 Å². The van der Waals surface area contributed by atoms with Gasteiger partial charge in [-0.25, -0.2) is 0 Å². The quantitative estimate of drug-likeness (QED) is 0.613. The normalized spacial score (nSPS) is 10.3. The van der Waals surface area contributed by atoms with Gasteiger partial charge in [0.1, 0.15) is 5.75 Å². The standard InChI is InChI=1S/C19H21BrN2O3S/c1-3-21-18(23)11-25-16-6-4-5-15(10-16)22-19(24)12-26-17-8-7-14(20)9-13(17)2/h4-10H,3,11-12H2,1-2H3,(H,21,23)(H,22,24). The van der Waals surface area contributed by atoms with Crippen LogP contribution in [0.4, 0.5) is 5.69 Å². The molecule has 2 rings (SSSR count). The summed E-state index contributed by atoms with van der Waals surface area (Å²) in [5, 5.41) is 5.51. The third-order valence-corrected chi connectivity index (χ3v) is 5.03. The number of benzene rings is 2. The maximum Gasteiger partial charge on any atom is 0.257 e. The first kappa shape index (κ1) is 20.3. The Labute approximate surface area is 166 Å². The maximum absolute atomic E-state index is 12.2. The van der Waals surface area contributed by atoms with E-state index in [-0.39, 0.29) is 18.4 Å². The van der Waals surface area contributed by atoms with E-state index in [1.54, 1.807) is 24.3 Å². The second kappa shape index (κ2) is 10.2. The topological polar surface area (TPSA) is 67.4 Å². The number of anilines is 1. The van der Waals surface area contributed by atoms with Crippen LogP contribution < -0.4 is 15.4 Å². The molecule has 2 N–H and O–H groups in total. The molecular formula is C19H21BrN2O3S. The van der Waals surface area contributed by atoms with Crippen LogP contribution >= 0.6 is 27.7 Å². The van der Waals surface area contributed by atoms with Gasteiger partial charge in [0.15, 0.2) is 6.61 Å². The van der Waals surface area contributed by atoms with Crippen LogP contribution in [0.3, 0.4) is 0 Å². The van der Waals surface area contributed by atoms with Gasteiger partial charge in [-0.1, -0.05) is 22.0 Å². The predicted octanol–water partition coefficient (Wildman–Crippen LogP) is 4.00. The van der Waals surface area contributed by atoms with Gasteiger partial charge in [-0.2, -0.15) is 0 Å². The van der Waals surface area contributed by atoms with Crippen LogP contribution in [-0.2, 0) is 9.59 Å². The number of hydrogen-bond acceptors (Lipinski definition) is 4. The fraction of sp³-hybridized carbons (Fsp3) is 0.263. The molecular weight excluding hydrogens is 416 g/mol. The summed E-state index contributed by atoms with van der Waals surface area (Å²) in [5.74, 6) is 0.568. The Morgan fingerprint density at radius 3 is 2.69 bits per heavy atom. The molecule has 0 unspecified atom stereocenters. The molecule has 0 fully saturated rings. The van der Waals surface area contributed by atoms with Crippen LogP contribution in [0.1, 0.15) is 12.5 Å². The zero-order chi connectivity index (χ0) is 18.9. The number of aryl methyl sites for hydroxylation is 1. The Morgan fingerprint density at radius 1 is 1.15 bits per heavy atom. The summed E-state index contributed by atoms with van der Waals surface area (Å²) in [6, 6.07) is 13.0. The second-order valence-electron chi connectivity index (χ2n) is 5.52. The van der Waals surface area contributed by atoms with Crippen LogP contribution in [0.15, 0.2) is 51.8 Å². The monoisotopic (exact) mass is 436 g/mol. The van der Waals surface area contributed by atoms with Gasteiger partial charge in [-0.05, 0) is 49.7 Å². The molecule has 0 atom stereocenters. The fourth-order valence-electron chi connectivity index (χ4n) is 2.18. The maximum atomic E-state index is 12.2. The Balaban J connectivity index is 1.86. The largest absolute Gasteiger partial charge is 0.484 e. The molecule has 0 heterocycles. The first-order valence-electron chi connectivity index (χ1n) is 8.16. The van der Waals surface area contributed by atoms with Crippen molar-refractivity contribution in [3.63, 3.8) is 0 Å². The lowest BCUT2D eigenvalue weighted by molar-refractivity contribution is -0.123. The van der Waals surface area contributed by atoms with E-state index in [9.17, 15) is 9.59 Å². The fourth-order valence-corrected chi connectivity index (χ4v) is 3.46. The first-order chi connectivity index (χ1) is 12.5. The summed E-state index contributed by atoms with van der Waals surface area (Å²) in [7, 11) is 0. The summed E-state index contributed by atoms with van der Waals surface area (Å²) in [6.07, 6.45) is 0. The zero-order valence-electron chi connectivity index (χ0n) is 14.7. The lowest BCUT2D eigenvalue weighted by Gasteiger charge is -2.10. The average Bonchev–Trinajstić information content (AvgIpc) is 2.60. The highest BCUT2D eigenvalue weighted by Crippen LogP contribution is 2.25. The number of hydrogen-bond donors (Lipinski definition) is 2. The summed E-state index contributed by atoms with van der Waals surface area (Å²) < 4.78 is 6.45. The van der Waals surface area contributed by atoms with Crippen molar-refractivity contribution in [1.82, 2.24) is 5.32 Å². The SMILES string of the molecule is CCNC(=O)COc1cccc(NC(=O)CSc2ccc(Br)cc2C)c1. The van der Waals surface area contributed by atoms with Gasteiger partial charge >= 0.3 is 0 Å². The number of carbonyl (C=O) groups is 2. The second-order valence-corrected chi connectivity index (χ2v) is 7.45. The number of thioether (sulfide) groups is 1. The first-order valence-corrected chi connectivity index (χ1v) is 9.94. The molecule has 2 aromatic carbocycles. The molecule has 0 spiro atoms. The van der Waals surface area contributed by atoms with Crippen LogP contribution in [0.5, 0.6) is 5.75 Å². The van der Waals surface area contributed by atoms with Gasteiger partial charge in [-0.15, -0.1) is 11.8 Å². The van der Waals surface area contributed by atoms with Crippen LogP contribution in [-0.4, -0.2) is 30.7 Å². The van der Waals surface area contributed by atoms with Crippen molar-refractivity contribution in [3.05, 3.63) is 52.5 Å². The van der Waals surface area contributed by atoms with Gasteiger partial charge < -0.3 is 15.4 Å². The van der Waals surface area contributed by atoms with E-state index in [1.165, 1.54) is 11.8 Å². The van der Waals surface area contributed by atoms with E-state index in [2.05, 4.69) is 26.6 Å². The number of halogens is 1. The van der Waals surface area contributed by atoms with Gasteiger partial charge in [0.2, 0.25) is 5.91 Å². The molecule has 7 heteroatoms. The molecule has 138 valence electrons. The smallest absolute Gasteiger partial charge is 0.257 e. The number of ether oxygens (including phenoxy) is 1. The van der Waals surface area contributed by atoms with Crippen molar-refractivity contribution in [2.75, 3.05) is 24.2 Å². The summed E-state index contributed by atoms with van der Waals surface area (Å²) in [4.78, 5) is 24.7. The van der Waals surface area contributed by atoms with Crippen molar-refractivity contribution in [1.29, 1.82) is 0 Å². The highest BCUT2D eigenvalue weighted by Gasteiger charge is 2.07. The van der Waals surface area contributed by atoms with Crippen molar-refractivity contribution in [2.45, 2.75) is 18.7 Å². The highest BCUT2D eigenvalue weighted by molar-refractivity contribution is 9.10. The minimum atomic E-state index is -0.178. The van der Waals surface area contributed by atoms with E-state index in [0.717, 1.165) is 14.9 Å². The Bertz CT molecular complexity index is 783. The van der Waals surface area contributed by atoms with Crippen LogP contribution in [0.25, 0.3) is 0 Å². The molecule has 0 radical (unpaired) electrons. The van der Waals surface area contributed by atoms with Gasteiger partial charge in [0, 0.05) is 27.7 Å². The molecule has 0 aliphatic heterocycles. The molecule has 0 bridgehead atoms. The van der Waals surface area contributed by atoms with Crippen LogP contribution in [0, 0.1) is 6.92 Å². The average molecular weight is 437 g/mol. The van der Waals surface area contributed by atoms with Gasteiger partial charge in [0.05, 0.1) is 5.75 Å². The Hall–Kier alpha value is -1.99. The molecule has 26 heavy (non-hydrogen) atoms. The van der Waals surface area contributed by atoms with E-state index in [1.807, 2.05) is 32.0 Å². The molecule has 5 nitrogen and oxygen atoms in total. The van der Waals surface area contributed by atoms with Gasteiger partial charge in [-0.3, -0.25) is 9.59 Å². The Morgan fingerprint density at radius 2 is 1.96 bits per heavy atom.